The molecule has 0 spiro atoms. The van der Waals surface area contributed by atoms with Gasteiger partial charge in [-0.1, -0.05) is 63.2 Å². The van der Waals surface area contributed by atoms with Gasteiger partial charge < -0.3 is 15.3 Å². The fourth-order valence-electron chi connectivity index (χ4n) is 4.94. The number of hydrogen-bond acceptors (Lipinski definition) is 6. The number of Topliss-reactive ketones (excluding diaryl/α,β-unsaturated/α-hetero) is 1. The molecule has 208 valence electrons. The van der Waals surface area contributed by atoms with Gasteiger partial charge in [0, 0.05) is 24.9 Å². The lowest BCUT2D eigenvalue weighted by Crippen LogP contribution is -2.56. The molecule has 0 unspecified atom stereocenters. The SMILES string of the molecule is [C-]#[N+]c1cccc(C(=O)N[C@H](C(=O)N2C[C@H](O)C[C@H]2C(=O)CCc2ccc(-c3scnc3C)cc2)C(C)(C)C)c1. The predicted molar refractivity (Wildman–Crippen MR) is 155 cm³/mol. The highest BCUT2D eigenvalue weighted by Crippen LogP contribution is 2.29. The van der Waals surface area contributed by atoms with Gasteiger partial charge in [0.2, 0.25) is 5.91 Å². The maximum atomic E-state index is 13.8. The van der Waals surface area contributed by atoms with Crippen LogP contribution >= 0.6 is 11.3 Å². The number of ketones is 1. The number of hydrogen-bond donors (Lipinski definition) is 2. The maximum Gasteiger partial charge on any atom is 0.250 e. The van der Waals surface area contributed by atoms with E-state index in [0.717, 1.165) is 21.7 Å². The number of thiazole rings is 1. The van der Waals surface area contributed by atoms with Crippen LogP contribution in [0.2, 0.25) is 0 Å². The largest absolute Gasteiger partial charge is 0.391 e. The molecule has 9 heteroatoms. The summed E-state index contributed by atoms with van der Waals surface area (Å²) in [6.07, 6.45) is 0.111. The van der Waals surface area contributed by atoms with Gasteiger partial charge in [-0.2, -0.15) is 0 Å². The Morgan fingerprint density at radius 1 is 1.20 bits per heavy atom. The number of aliphatic hydroxyl groups is 1. The monoisotopic (exact) mass is 558 g/mol. The summed E-state index contributed by atoms with van der Waals surface area (Å²) >= 11 is 1.59. The summed E-state index contributed by atoms with van der Waals surface area (Å²) < 4.78 is 0. The standard InChI is InChI=1S/C31H34N4O4S/c1-19-27(40-18-33-19)21-12-9-20(10-13-21)11-14-26(37)25-16-24(36)17-35(25)30(39)28(31(2,3)4)34-29(38)22-7-6-8-23(15-22)32-5/h6-10,12-13,15,18,24-25,28,36H,11,14,16-17H2,1-4H3,(H,34,38)/t24-,25+,28-/m1/s1. The van der Waals surface area contributed by atoms with Crippen molar-refractivity contribution in [3.63, 3.8) is 0 Å². The minimum Gasteiger partial charge on any atom is -0.391 e. The van der Waals surface area contributed by atoms with Crippen LogP contribution < -0.4 is 5.32 Å². The normalized spacial score (nSPS) is 17.8. The number of aryl methyl sites for hydroxylation is 2. The molecule has 1 fully saturated rings. The molecule has 1 aliphatic heterocycles. The average molecular weight is 559 g/mol. The van der Waals surface area contributed by atoms with Crippen molar-refractivity contribution < 1.29 is 19.5 Å². The average Bonchev–Trinajstić information content (AvgIpc) is 3.54. The van der Waals surface area contributed by atoms with E-state index in [4.69, 9.17) is 6.57 Å². The van der Waals surface area contributed by atoms with Gasteiger partial charge in [0.15, 0.2) is 11.5 Å². The summed E-state index contributed by atoms with van der Waals surface area (Å²) in [5.41, 5.74) is 4.85. The zero-order valence-electron chi connectivity index (χ0n) is 23.2. The summed E-state index contributed by atoms with van der Waals surface area (Å²) in [5.74, 6) is -0.990. The van der Waals surface area contributed by atoms with Gasteiger partial charge >= 0.3 is 0 Å². The van der Waals surface area contributed by atoms with Gasteiger partial charge in [0.25, 0.3) is 5.91 Å². The van der Waals surface area contributed by atoms with Crippen LogP contribution in [0.4, 0.5) is 5.69 Å². The quantitative estimate of drug-likeness (QED) is 0.380. The van der Waals surface area contributed by atoms with Crippen molar-refractivity contribution in [1.29, 1.82) is 0 Å². The molecule has 2 N–H and O–H groups in total. The molecule has 4 rings (SSSR count). The number of benzene rings is 2. The molecule has 0 saturated carbocycles. The van der Waals surface area contributed by atoms with E-state index in [-0.39, 0.29) is 30.7 Å². The summed E-state index contributed by atoms with van der Waals surface area (Å²) in [6.45, 7) is 14.7. The molecule has 1 aromatic heterocycles. The zero-order valence-corrected chi connectivity index (χ0v) is 24.0. The second kappa shape index (κ2) is 12.1. The number of amides is 2. The van der Waals surface area contributed by atoms with Crippen molar-refractivity contribution >= 4 is 34.6 Å². The highest BCUT2D eigenvalue weighted by Gasteiger charge is 2.44. The first kappa shape index (κ1) is 29.1. The van der Waals surface area contributed by atoms with Crippen molar-refractivity contribution in [1.82, 2.24) is 15.2 Å². The number of likely N-dealkylation sites (tertiary alicyclic amines) is 1. The summed E-state index contributed by atoms with van der Waals surface area (Å²) in [5, 5.41) is 13.3. The fourth-order valence-corrected chi connectivity index (χ4v) is 5.76. The van der Waals surface area contributed by atoms with E-state index in [1.54, 1.807) is 29.5 Å². The Labute approximate surface area is 238 Å². The molecular weight excluding hydrogens is 524 g/mol. The van der Waals surface area contributed by atoms with Crippen LogP contribution in [0.1, 0.15) is 55.2 Å². The van der Waals surface area contributed by atoms with Crippen LogP contribution in [-0.2, 0) is 16.0 Å². The van der Waals surface area contributed by atoms with Gasteiger partial charge in [-0.3, -0.25) is 14.4 Å². The highest BCUT2D eigenvalue weighted by atomic mass is 32.1. The van der Waals surface area contributed by atoms with Gasteiger partial charge in [-0.05, 0) is 36.0 Å². The third kappa shape index (κ3) is 6.64. The molecule has 0 radical (unpaired) electrons. The Bertz CT molecular complexity index is 1430. The molecule has 1 aliphatic rings. The molecule has 8 nitrogen and oxygen atoms in total. The predicted octanol–water partition coefficient (Wildman–Crippen LogP) is 4.98. The molecule has 2 aromatic carbocycles. The lowest BCUT2D eigenvalue weighted by Gasteiger charge is -2.35. The molecular formula is C31H34N4O4S. The Hall–Kier alpha value is -3.87. The van der Waals surface area contributed by atoms with E-state index >= 15 is 0 Å². The van der Waals surface area contributed by atoms with Crippen LogP contribution in [-0.4, -0.2) is 57.3 Å². The third-order valence-electron chi connectivity index (χ3n) is 7.18. The number of carbonyl (C=O) groups is 3. The second-order valence-electron chi connectivity index (χ2n) is 11.3. The van der Waals surface area contributed by atoms with Crippen molar-refractivity contribution in [2.75, 3.05) is 6.54 Å². The molecule has 3 aromatic rings. The van der Waals surface area contributed by atoms with Gasteiger partial charge in [-0.15, -0.1) is 11.3 Å². The summed E-state index contributed by atoms with van der Waals surface area (Å²) in [4.78, 5) is 50.4. The first-order chi connectivity index (χ1) is 19.0. The molecule has 0 bridgehead atoms. The first-order valence-electron chi connectivity index (χ1n) is 13.3. The van der Waals surface area contributed by atoms with Crippen molar-refractivity contribution in [3.8, 4) is 10.4 Å². The van der Waals surface area contributed by atoms with Gasteiger partial charge in [0.05, 0.1) is 34.8 Å². The third-order valence-corrected chi connectivity index (χ3v) is 8.16. The van der Waals surface area contributed by atoms with Crippen LogP contribution in [0.3, 0.4) is 0 Å². The fraction of sp³-hybridized carbons (Fsp3) is 0.387. The summed E-state index contributed by atoms with van der Waals surface area (Å²) in [6, 6.07) is 12.7. The van der Waals surface area contributed by atoms with Crippen molar-refractivity contribution in [3.05, 3.63) is 82.3 Å². The molecule has 0 aliphatic carbocycles. The van der Waals surface area contributed by atoms with E-state index in [9.17, 15) is 19.5 Å². The van der Waals surface area contributed by atoms with E-state index in [2.05, 4.69) is 15.1 Å². The molecule has 1 saturated heterocycles. The topological polar surface area (TPSA) is 104 Å². The van der Waals surface area contributed by atoms with Gasteiger partial charge in [-0.25, -0.2) is 9.83 Å². The highest BCUT2D eigenvalue weighted by molar-refractivity contribution is 7.13. The smallest absolute Gasteiger partial charge is 0.250 e. The molecule has 3 atom stereocenters. The number of aliphatic hydroxyl groups excluding tert-OH is 1. The van der Waals surface area contributed by atoms with Crippen LogP contribution in [0.15, 0.2) is 54.0 Å². The van der Waals surface area contributed by atoms with E-state index < -0.39 is 35.4 Å². The lowest BCUT2D eigenvalue weighted by atomic mass is 9.85. The molecule has 40 heavy (non-hydrogen) atoms. The van der Waals surface area contributed by atoms with E-state index in [0.29, 0.717) is 12.1 Å². The van der Waals surface area contributed by atoms with Crippen LogP contribution in [0.25, 0.3) is 15.3 Å². The van der Waals surface area contributed by atoms with Crippen LogP contribution in [0.5, 0.6) is 0 Å². The number of nitrogens with zero attached hydrogens (tertiary/aromatic N) is 3. The van der Waals surface area contributed by atoms with Gasteiger partial charge in [0.1, 0.15) is 6.04 Å². The molecule has 2 heterocycles. The minimum atomic E-state index is -0.931. The van der Waals surface area contributed by atoms with Crippen LogP contribution in [0, 0.1) is 18.9 Å². The molecule has 2 amide bonds. The number of carbonyl (C=O) groups excluding carboxylic acids is 3. The Morgan fingerprint density at radius 3 is 2.55 bits per heavy atom. The Morgan fingerprint density at radius 2 is 1.93 bits per heavy atom. The van der Waals surface area contributed by atoms with E-state index in [1.165, 1.54) is 11.0 Å². The number of rotatable bonds is 8. The minimum absolute atomic E-state index is 0.0355. The Balaban J connectivity index is 1.45. The van der Waals surface area contributed by atoms with Crippen molar-refractivity contribution in [2.45, 2.75) is 65.1 Å². The number of aromatic nitrogens is 1. The lowest BCUT2D eigenvalue weighted by molar-refractivity contribution is -0.141. The number of nitrogens with one attached hydrogen (secondary N) is 1. The van der Waals surface area contributed by atoms with Crippen molar-refractivity contribution in [2.24, 2.45) is 5.41 Å². The first-order valence-corrected chi connectivity index (χ1v) is 14.1. The summed E-state index contributed by atoms with van der Waals surface area (Å²) in [7, 11) is 0. The Kier molecular flexibility index (Phi) is 8.82. The zero-order chi connectivity index (χ0) is 29.0. The second-order valence-corrected chi connectivity index (χ2v) is 12.1. The maximum absolute atomic E-state index is 13.8. The number of β-amino-alcohol motifs (C(OH)–C–C–N with tert-alkyl or cyclic N) is 1. The van der Waals surface area contributed by atoms with E-state index in [1.807, 2.05) is 57.5 Å².